The van der Waals surface area contributed by atoms with E-state index in [1.165, 1.54) is 0 Å². The summed E-state index contributed by atoms with van der Waals surface area (Å²) in [6.45, 7) is 3.58. The zero-order valence-corrected chi connectivity index (χ0v) is 13.5. The van der Waals surface area contributed by atoms with Crippen molar-refractivity contribution in [2.24, 2.45) is 0 Å². The number of carbonyl (C=O) groups excluding carboxylic acids is 1. The third kappa shape index (κ3) is 4.37. The lowest BCUT2D eigenvalue weighted by Gasteiger charge is -2.09. The van der Waals surface area contributed by atoms with Crippen LogP contribution in [0.2, 0.25) is 0 Å². The molecule has 0 aliphatic carbocycles. The molecule has 1 N–H and O–H groups in total. The van der Waals surface area contributed by atoms with Crippen LogP contribution in [0.4, 0.5) is 0 Å². The molecule has 0 atom stereocenters. The first-order valence-corrected chi connectivity index (χ1v) is 7.85. The van der Waals surface area contributed by atoms with Crippen molar-refractivity contribution < 1.29 is 4.79 Å². The summed E-state index contributed by atoms with van der Waals surface area (Å²) < 4.78 is 0. The highest BCUT2D eigenvalue weighted by Gasteiger charge is 2.15. The summed E-state index contributed by atoms with van der Waals surface area (Å²) in [5, 5.41) is 3.83. The van der Waals surface area contributed by atoms with E-state index in [1.807, 2.05) is 51.4 Å². The van der Waals surface area contributed by atoms with E-state index in [1.54, 1.807) is 11.3 Å². The van der Waals surface area contributed by atoms with Crippen LogP contribution >= 0.6 is 11.3 Å². The molecular weight excluding hydrogens is 282 g/mol. The average molecular weight is 303 g/mol. The van der Waals surface area contributed by atoms with Crippen LogP contribution in [0.3, 0.4) is 0 Å². The molecule has 4 nitrogen and oxygen atoms in total. The van der Waals surface area contributed by atoms with Crippen LogP contribution < -0.4 is 5.32 Å². The third-order valence-electron chi connectivity index (χ3n) is 3.10. The number of nitrogens with zero attached hydrogens (tertiary/aromatic N) is 2. The van der Waals surface area contributed by atoms with Crippen molar-refractivity contribution in [2.45, 2.75) is 13.3 Å². The minimum Gasteiger partial charge on any atom is -0.351 e. The maximum absolute atomic E-state index is 12.2. The lowest BCUT2D eigenvalue weighted by Crippen LogP contribution is -2.27. The van der Waals surface area contributed by atoms with Crippen LogP contribution in [-0.2, 0) is 0 Å². The van der Waals surface area contributed by atoms with Crippen LogP contribution in [0.5, 0.6) is 0 Å². The first kappa shape index (κ1) is 15.7. The molecule has 0 saturated carbocycles. The Kier molecular flexibility index (Phi) is 5.47. The molecule has 21 heavy (non-hydrogen) atoms. The maximum Gasteiger partial charge on any atom is 0.271 e. The van der Waals surface area contributed by atoms with Crippen molar-refractivity contribution in [3.05, 3.63) is 40.9 Å². The molecule has 2 rings (SSSR count). The van der Waals surface area contributed by atoms with Gasteiger partial charge in [-0.1, -0.05) is 30.3 Å². The highest BCUT2D eigenvalue weighted by atomic mass is 32.1. The molecule has 1 aromatic carbocycles. The summed E-state index contributed by atoms with van der Waals surface area (Å²) in [6.07, 6.45) is 0.938. The number of hydrogen-bond acceptors (Lipinski definition) is 4. The number of benzene rings is 1. The number of carbonyl (C=O) groups is 1. The standard InChI is InChI=1S/C16H21N3OS/c1-12-14(15(20)17-10-7-11-19(2)3)18-16(21-12)13-8-5-4-6-9-13/h4-6,8-9H,7,10-11H2,1-3H3,(H,17,20). The van der Waals surface area contributed by atoms with E-state index in [0.717, 1.165) is 28.4 Å². The second kappa shape index (κ2) is 7.33. The van der Waals surface area contributed by atoms with Gasteiger partial charge in [0.1, 0.15) is 10.7 Å². The highest BCUT2D eigenvalue weighted by Crippen LogP contribution is 2.27. The quantitative estimate of drug-likeness (QED) is 0.835. The Balaban J connectivity index is 2.00. The van der Waals surface area contributed by atoms with Gasteiger partial charge in [-0.05, 0) is 34.0 Å². The summed E-state index contributed by atoms with van der Waals surface area (Å²) in [5.41, 5.74) is 1.60. The number of hydrogen-bond donors (Lipinski definition) is 1. The fourth-order valence-electron chi connectivity index (χ4n) is 1.99. The van der Waals surface area contributed by atoms with Crippen molar-refractivity contribution in [3.8, 4) is 10.6 Å². The zero-order valence-electron chi connectivity index (χ0n) is 12.7. The van der Waals surface area contributed by atoms with Crippen LogP contribution in [0.1, 0.15) is 21.8 Å². The normalized spacial score (nSPS) is 10.9. The summed E-state index contributed by atoms with van der Waals surface area (Å²) in [5.74, 6) is -0.0790. The monoisotopic (exact) mass is 303 g/mol. The Morgan fingerprint density at radius 3 is 2.67 bits per heavy atom. The molecule has 1 aromatic heterocycles. The van der Waals surface area contributed by atoms with Gasteiger partial charge in [0.25, 0.3) is 5.91 Å². The molecule has 0 saturated heterocycles. The van der Waals surface area contributed by atoms with E-state index in [0.29, 0.717) is 12.2 Å². The second-order valence-electron chi connectivity index (χ2n) is 5.20. The van der Waals surface area contributed by atoms with Gasteiger partial charge < -0.3 is 10.2 Å². The Morgan fingerprint density at radius 1 is 1.29 bits per heavy atom. The molecule has 0 unspecified atom stereocenters. The molecule has 1 heterocycles. The summed E-state index contributed by atoms with van der Waals surface area (Å²) in [4.78, 5) is 19.7. The number of aryl methyl sites for hydroxylation is 1. The van der Waals surface area contributed by atoms with E-state index in [-0.39, 0.29) is 5.91 Å². The number of nitrogens with one attached hydrogen (secondary N) is 1. The van der Waals surface area contributed by atoms with Gasteiger partial charge in [-0.15, -0.1) is 11.3 Å². The van der Waals surface area contributed by atoms with Crippen molar-refractivity contribution in [2.75, 3.05) is 27.2 Å². The van der Waals surface area contributed by atoms with Crippen molar-refractivity contribution in [1.29, 1.82) is 0 Å². The molecule has 0 radical (unpaired) electrons. The van der Waals surface area contributed by atoms with Crippen LogP contribution in [-0.4, -0.2) is 43.0 Å². The zero-order chi connectivity index (χ0) is 15.2. The Labute approximate surface area is 129 Å². The summed E-state index contributed by atoms with van der Waals surface area (Å²) in [6, 6.07) is 9.95. The lowest BCUT2D eigenvalue weighted by molar-refractivity contribution is 0.0947. The Bertz CT molecular complexity index is 593. The Hall–Kier alpha value is -1.72. The molecule has 0 spiro atoms. The molecule has 1 amide bonds. The van der Waals surface area contributed by atoms with Crippen molar-refractivity contribution in [3.63, 3.8) is 0 Å². The van der Waals surface area contributed by atoms with Gasteiger partial charge in [-0.25, -0.2) is 4.98 Å². The third-order valence-corrected chi connectivity index (χ3v) is 4.12. The van der Waals surface area contributed by atoms with Gasteiger partial charge in [0, 0.05) is 17.0 Å². The van der Waals surface area contributed by atoms with Crippen LogP contribution in [0.25, 0.3) is 10.6 Å². The van der Waals surface area contributed by atoms with E-state index in [2.05, 4.69) is 15.2 Å². The number of amides is 1. The average Bonchev–Trinajstić information content (AvgIpc) is 2.86. The minimum absolute atomic E-state index is 0.0790. The topological polar surface area (TPSA) is 45.2 Å². The van der Waals surface area contributed by atoms with E-state index < -0.39 is 0 Å². The molecule has 5 heteroatoms. The molecule has 0 bridgehead atoms. The lowest BCUT2D eigenvalue weighted by atomic mass is 10.2. The molecule has 2 aromatic rings. The number of aromatic nitrogens is 1. The Morgan fingerprint density at radius 2 is 2.00 bits per heavy atom. The smallest absolute Gasteiger partial charge is 0.271 e. The fraction of sp³-hybridized carbons (Fsp3) is 0.375. The van der Waals surface area contributed by atoms with Crippen molar-refractivity contribution in [1.82, 2.24) is 15.2 Å². The molecular formula is C16H21N3OS. The second-order valence-corrected chi connectivity index (χ2v) is 6.41. The van der Waals surface area contributed by atoms with Gasteiger partial charge in [-0.3, -0.25) is 4.79 Å². The van der Waals surface area contributed by atoms with E-state index in [9.17, 15) is 4.79 Å². The summed E-state index contributed by atoms with van der Waals surface area (Å²) >= 11 is 1.56. The van der Waals surface area contributed by atoms with Gasteiger partial charge in [0.15, 0.2) is 0 Å². The molecule has 0 fully saturated rings. The van der Waals surface area contributed by atoms with E-state index >= 15 is 0 Å². The van der Waals surface area contributed by atoms with Crippen molar-refractivity contribution >= 4 is 17.2 Å². The number of rotatable bonds is 6. The first-order valence-electron chi connectivity index (χ1n) is 7.03. The number of thiazole rings is 1. The van der Waals surface area contributed by atoms with Gasteiger partial charge >= 0.3 is 0 Å². The van der Waals surface area contributed by atoms with Gasteiger partial charge in [0.2, 0.25) is 0 Å². The van der Waals surface area contributed by atoms with Crippen LogP contribution in [0, 0.1) is 6.92 Å². The highest BCUT2D eigenvalue weighted by molar-refractivity contribution is 7.15. The van der Waals surface area contributed by atoms with Gasteiger partial charge in [0.05, 0.1) is 0 Å². The van der Waals surface area contributed by atoms with Gasteiger partial charge in [-0.2, -0.15) is 0 Å². The minimum atomic E-state index is -0.0790. The maximum atomic E-state index is 12.2. The van der Waals surface area contributed by atoms with Crippen LogP contribution in [0.15, 0.2) is 30.3 Å². The SMILES string of the molecule is Cc1sc(-c2ccccc2)nc1C(=O)NCCCN(C)C. The predicted octanol–water partition coefficient (Wildman–Crippen LogP) is 2.80. The molecule has 112 valence electrons. The van der Waals surface area contributed by atoms with E-state index in [4.69, 9.17) is 0 Å². The summed E-state index contributed by atoms with van der Waals surface area (Å²) in [7, 11) is 4.05. The fourth-order valence-corrected chi connectivity index (χ4v) is 2.91. The largest absolute Gasteiger partial charge is 0.351 e. The first-order chi connectivity index (χ1) is 10.1. The predicted molar refractivity (Wildman–Crippen MR) is 87.8 cm³/mol. The molecule has 0 aliphatic rings. The molecule has 0 aliphatic heterocycles.